The maximum atomic E-state index is 14.4. The predicted molar refractivity (Wildman–Crippen MR) is 168 cm³/mol. The highest BCUT2D eigenvalue weighted by Gasteiger charge is 2.37. The lowest BCUT2D eigenvalue weighted by atomic mass is 9.89. The van der Waals surface area contributed by atoms with E-state index in [1.165, 1.54) is 12.1 Å². The molecule has 0 bridgehead atoms. The molecule has 0 spiro atoms. The smallest absolute Gasteiger partial charge is 0.258 e. The fraction of sp³-hybridized carbons (Fsp3) is 0.0789. The Balaban J connectivity index is 1.47. The number of fused-ring (bicyclic) bond motifs is 2. The zero-order valence-corrected chi connectivity index (χ0v) is 23.7. The van der Waals surface area contributed by atoms with E-state index in [0.717, 1.165) is 45.1 Å². The van der Waals surface area contributed by atoms with Crippen LogP contribution in [0.15, 0.2) is 128 Å². The molecule has 1 aliphatic heterocycles. The van der Waals surface area contributed by atoms with Crippen LogP contribution in [0.25, 0.3) is 22.0 Å². The summed E-state index contributed by atoms with van der Waals surface area (Å²) in [6, 6.07) is 37.1. The Labute approximate surface area is 254 Å². The van der Waals surface area contributed by atoms with Crippen molar-refractivity contribution in [2.75, 3.05) is 0 Å². The molecule has 0 fully saturated rings. The number of hydrogen-bond acceptors (Lipinski definition) is 4. The quantitative estimate of drug-likeness (QED) is 0.171. The SMILES string of the molecule is O=Cc1ccccc1-c1c2c(c(OC(c3ccccc3)c3ccccc3)c3ncccc13)C(=O)N(Cc1ccc(F)cc1)C2. The van der Waals surface area contributed by atoms with E-state index in [1.807, 2.05) is 91.0 Å². The van der Waals surface area contributed by atoms with Crippen molar-refractivity contribution >= 4 is 23.1 Å². The van der Waals surface area contributed by atoms with Gasteiger partial charge in [-0.2, -0.15) is 0 Å². The minimum absolute atomic E-state index is 0.211. The fourth-order valence-corrected chi connectivity index (χ4v) is 6.03. The number of pyridine rings is 1. The molecule has 1 aliphatic rings. The molecule has 5 nitrogen and oxygen atoms in total. The Hall–Kier alpha value is -5.62. The molecule has 5 aromatic carbocycles. The van der Waals surface area contributed by atoms with Gasteiger partial charge in [0, 0.05) is 30.2 Å². The van der Waals surface area contributed by atoms with Crippen LogP contribution >= 0.6 is 0 Å². The van der Waals surface area contributed by atoms with Crippen molar-refractivity contribution in [2.24, 2.45) is 0 Å². The van der Waals surface area contributed by atoms with Gasteiger partial charge in [-0.3, -0.25) is 14.6 Å². The van der Waals surface area contributed by atoms with Crippen molar-refractivity contribution in [2.45, 2.75) is 19.2 Å². The molecule has 0 N–H and O–H groups in total. The number of carbonyl (C=O) groups excluding carboxylic acids is 2. The summed E-state index contributed by atoms with van der Waals surface area (Å²) in [5.41, 5.74) is 6.42. The first-order valence-corrected chi connectivity index (χ1v) is 14.4. The van der Waals surface area contributed by atoms with E-state index in [-0.39, 0.29) is 24.8 Å². The summed E-state index contributed by atoms with van der Waals surface area (Å²) in [5.74, 6) is -0.151. The lowest BCUT2D eigenvalue weighted by molar-refractivity contribution is 0.0762. The Kier molecular flexibility index (Phi) is 7.16. The van der Waals surface area contributed by atoms with Crippen molar-refractivity contribution in [1.29, 1.82) is 0 Å². The third-order valence-corrected chi connectivity index (χ3v) is 8.06. The molecule has 0 saturated heterocycles. The first kappa shape index (κ1) is 27.2. The van der Waals surface area contributed by atoms with Crippen molar-refractivity contribution < 1.29 is 18.7 Å². The third kappa shape index (κ3) is 4.90. The lowest BCUT2D eigenvalue weighted by Gasteiger charge is -2.24. The molecule has 44 heavy (non-hydrogen) atoms. The second-order valence-electron chi connectivity index (χ2n) is 10.8. The predicted octanol–water partition coefficient (Wildman–Crippen LogP) is 8.18. The van der Waals surface area contributed by atoms with Gasteiger partial charge < -0.3 is 9.64 Å². The fourth-order valence-electron chi connectivity index (χ4n) is 6.03. The molecule has 0 aliphatic carbocycles. The average molecular weight is 579 g/mol. The molecule has 6 heteroatoms. The van der Waals surface area contributed by atoms with E-state index in [2.05, 4.69) is 0 Å². The molecular weight excluding hydrogens is 551 g/mol. The number of halogens is 1. The summed E-state index contributed by atoms with van der Waals surface area (Å²) in [6.07, 6.45) is 2.01. The van der Waals surface area contributed by atoms with E-state index < -0.39 is 6.10 Å². The average Bonchev–Trinajstić information content (AvgIpc) is 3.39. The summed E-state index contributed by atoms with van der Waals surface area (Å²) >= 11 is 0. The van der Waals surface area contributed by atoms with E-state index in [1.54, 1.807) is 29.3 Å². The minimum atomic E-state index is -0.515. The van der Waals surface area contributed by atoms with Gasteiger partial charge in [0.2, 0.25) is 0 Å². The number of rotatable bonds is 8. The molecular formula is C38H27FN2O3. The molecule has 1 aromatic heterocycles. The van der Waals surface area contributed by atoms with Gasteiger partial charge in [-0.25, -0.2) is 4.39 Å². The Morgan fingerprint density at radius 2 is 1.45 bits per heavy atom. The molecule has 1 amide bonds. The van der Waals surface area contributed by atoms with E-state index in [4.69, 9.17) is 9.72 Å². The van der Waals surface area contributed by atoms with Gasteiger partial charge in [-0.15, -0.1) is 0 Å². The number of nitrogens with zero attached hydrogens (tertiary/aromatic N) is 2. The molecule has 0 saturated carbocycles. The summed E-state index contributed by atoms with van der Waals surface area (Å²) in [6.45, 7) is 0.573. The maximum absolute atomic E-state index is 14.4. The van der Waals surface area contributed by atoms with Crippen molar-refractivity contribution in [3.8, 4) is 16.9 Å². The minimum Gasteiger partial charge on any atom is -0.478 e. The van der Waals surface area contributed by atoms with Gasteiger partial charge in [0.15, 0.2) is 12.0 Å². The molecule has 0 radical (unpaired) electrons. The van der Waals surface area contributed by atoms with Crippen LogP contribution in [0.1, 0.15) is 49.1 Å². The first-order valence-electron chi connectivity index (χ1n) is 14.4. The second kappa shape index (κ2) is 11.6. The largest absolute Gasteiger partial charge is 0.478 e. The molecule has 0 unspecified atom stereocenters. The highest BCUT2D eigenvalue weighted by atomic mass is 19.1. The van der Waals surface area contributed by atoms with Crippen LogP contribution in [0.5, 0.6) is 5.75 Å². The Morgan fingerprint density at radius 3 is 2.14 bits per heavy atom. The van der Waals surface area contributed by atoms with E-state index in [0.29, 0.717) is 22.4 Å². The second-order valence-corrected chi connectivity index (χ2v) is 10.8. The maximum Gasteiger partial charge on any atom is 0.258 e. The lowest BCUT2D eigenvalue weighted by Crippen LogP contribution is -2.23. The summed E-state index contributed by atoms with van der Waals surface area (Å²) in [5, 5.41) is 0.784. The van der Waals surface area contributed by atoms with Gasteiger partial charge in [-0.1, -0.05) is 103 Å². The summed E-state index contributed by atoms with van der Waals surface area (Å²) < 4.78 is 20.6. The molecule has 7 rings (SSSR count). The number of aldehydes is 1. The van der Waals surface area contributed by atoms with Crippen LogP contribution in [0.4, 0.5) is 4.39 Å². The normalized spacial score (nSPS) is 12.5. The van der Waals surface area contributed by atoms with Crippen molar-refractivity contribution in [1.82, 2.24) is 9.88 Å². The molecule has 214 valence electrons. The van der Waals surface area contributed by atoms with E-state index >= 15 is 0 Å². The Morgan fingerprint density at radius 1 is 0.795 bits per heavy atom. The zero-order valence-electron chi connectivity index (χ0n) is 23.7. The van der Waals surface area contributed by atoms with Crippen LogP contribution in [0.2, 0.25) is 0 Å². The van der Waals surface area contributed by atoms with Gasteiger partial charge >= 0.3 is 0 Å². The number of benzene rings is 5. The Bertz CT molecular complexity index is 1950. The third-order valence-electron chi connectivity index (χ3n) is 8.06. The highest BCUT2D eigenvalue weighted by Crippen LogP contribution is 2.47. The summed E-state index contributed by atoms with van der Waals surface area (Å²) in [7, 11) is 0. The number of hydrogen-bond donors (Lipinski definition) is 0. The van der Waals surface area contributed by atoms with Gasteiger partial charge in [0.1, 0.15) is 17.4 Å². The first-order chi connectivity index (χ1) is 21.6. The topological polar surface area (TPSA) is 59.5 Å². The van der Waals surface area contributed by atoms with Gasteiger partial charge in [0.05, 0.1) is 5.56 Å². The van der Waals surface area contributed by atoms with Crippen molar-refractivity contribution in [3.63, 3.8) is 0 Å². The number of carbonyl (C=O) groups is 2. The zero-order chi connectivity index (χ0) is 30.0. The number of ether oxygens (including phenoxy) is 1. The molecule has 0 atom stereocenters. The molecule has 6 aromatic rings. The van der Waals surface area contributed by atoms with Crippen LogP contribution < -0.4 is 4.74 Å². The van der Waals surface area contributed by atoms with Crippen LogP contribution in [0, 0.1) is 5.82 Å². The molecule has 2 heterocycles. The summed E-state index contributed by atoms with van der Waals surface area (Å²) in [4.78, 5) is 33.1. The van der Waals surface area contributed by atoms with Gasteiger partial charge in [0.25, 0.3) is 5.91 Å². The number of aromatic nitrogens is 1. The van der Waals surface area contributed by atoms with Crippen LogP contribution in [-0.4, -0.2) is 22.1 Å². The number of amides is 1. The standard InChI is InChI=1S/C38H27FN2O3/c39-29-19-17-25(18-20-29)22-41-23-32-33(30-15-8-7-14-28(30)24-42)31-16-9-21-40-35(31)37(34(32)38(41)43)44-36(26-10-3-1-4-11-26)27-12-5-2-6-13-27/h1-21,24,36H,22-23H2. The highest BCUT2D eigenvalue weighted by molar-refractivity contribution is 6.13. The van der Waals surface area contributed by atoms with Crippen molar-refractivity contribution in [3.05, 3.63) is 167 Å². The van der Waals surface area contributed by atoms with Crippen LogP contribution in [0.3, 0.4) is 0 Å². The van der Waals surface area contributed by atoms with Crippen LogP contribution in [-0.2, 0) is 13.1 Å². The monoisotopic (exact) mass is 578 g/mol. The van der Waals surface area contributed by atoms with Gasteiger partial charge in [-0.05, 0) is 51.6 Å². The van der Waals surface area contributed by atoms with E-state index in [9.17, 15) is 14.0 Å².